The Morgan fingerprint density at radius 1 is 1.03 bits per heavy atom. The molecule has 0 aliphatic carbocycles. The molecule has 5 atom stereocenters. The Kier molecular flexibility index (Phi) is 8.90. The molecule has 0 N–H and O–H groups in total. The topological polar surface area (TPSA) is 63.2 Å². The van der Waals surface area contributed by atoms with Gasteiger partial charge >= 0.3 is 5.97 Å². The van der Waals surface area contributed by atoms with Gasteiger partial charge in [-0.05, 0) is 36.2 Å². The van der Waals surface area contributed by atoms with E-state index in [4.69, 9.17) is 23.4 Å². The summed E-state index contributed by atoms with van der Waals surface area (Å²) in [5.41, 5.74) is 1.17. The van der Waals surface area contributed by atoms with E-state index in [9.17, 15) is 4.79 Å². The summed E-state index contributed by atoms with van der Waals surface area (Å²) in [7, 11) is -2.16. The fourth-order valence-electron chi connectivity index (χ4n) is 5.24. The summed E-state index contributed by atoms with van der Waals surface area (Å²) < 4.78 is 31.6. The summed E-state index contributed by atoms with van der Waals surface area (Å²) >= 11 is 1.72. The molecule has 0 bridgehead atoms. The number of carbonyl (C=O) groups is 1. The van der Waals surface area contributed by atoms with Crippen LogP contribution in [0.25, 0.3) is 0 Å². The highest BCUT2D eigenvalue weighted by atomic mass is 32.2. The van der Waals surface area contributed by atoms with Crippen molar-refractivity contribution in [2.45, 2.75) is 121 Å². The number of ether oxygens (including phenoxy) is 4. The first-order valence-electron chi connectivity index (χ1n) is 11.3. The molecule has 0 aromatic heterocycles. The highest BCUT2D eigenvalue weighted by Crippen LogP contribution is 2.48. The Bertz CT molecular complexity index is 560. The third kappa shape index (κ3) is 5.43. The monoisotopic (exact) mass is 462 g/mol. The lowest BCUT2D eigenvalue weighted by Gasteiger charge is -2.50. The summed E-state index contributed by atoms with van der Waals surface area (Å²) in [5.74, 6) is -0.165. The normalized spacial score (nSPS) is 31.4. The van der Waals surface area contributed by atoms with E-state index in [1.54, 1.807) is 11.8 Å². The highest BCUT2D eigenvalue weighted by molar-refractivity contribution is 7.99. The van der Waals surface area contributed by atoms with Gasteiger partial charge in [0.15, 0.2) is 5.79 Å². The smallest absolute Gasteiger partial charge is 0.302 e. The van der Waals surface area contributed by atoms with Crippen molar-refractivity contribution in [2.75, 3.05) is 12.4 Å². The molecule has 0 unspecified atom stereocenters. The second-order valence-corrected chi connectivity index (χ2v) is 16.5. The Balaban J connectivity index is 2.41. The minimum atomic E-state index is -2.16. The summed E-state index contributed by atoms with van der Waals surface area (Å²) in [6.07, 6.45) is -1.20. The third-order valence-corrected chi connectivity index (χ3v) is 13.4. The Morgan fingerprint density at radius 2 is 1.57 bits per heavy atom. The van der Waals surface area contributed by atoms with Gasteiger partial charge in [-0.15, -0.1) is 11.8 Å². The quantitative estimate of drug-likeness (QED) is 0.348. The minimum absolute atomic E-state index is 0.157. The summed E-state index contributed by atoms with van der Waals surface area (Å²) in [6, 6.07) is 0. The van der Waals surface area contributed by atoms with Gasteiger partial charge < -0.3 is 23.4 Å². The van der Waals surface area contributed by atoms with E-state index in [2.05, 4.69) is 48.5 Å². The molecule has 0 saturated carbocycles. The predicted octanol–water partition coefficient (Wildman–Crippen LogP) is 5.11. The van der Waals surface area contributed by atoms with Gasteiger partial charge in [0, 0.05) is 6.92 Å². The van der Waals surface area contributed by atoms with Crippen molar-refractivity contribution in [3.8, 4) is 0 Å². The molecular formula is C22H42O6SSi. The van der Waals surface area contributed by atoms with E-state index in [0.29, 0.717) is 16.6 Å². The van der Waals surface area contributed by atoms with Crippen molar-refractivity contribution in [3.05, 3.63) is 0 Å². The Morgan fingerprint density at radius 3 is 2.03 bits per heavy atom. The molecule has 176 valence electrons. The van der Waals surface area contributed by atoms with E-state index < -0.39 is 14.1 Å². The van der Waals surface area contributed by atoms with Gasteiger partial charge in [-0.1, -0.05) is 48.5 Å². The van der Waals surface area contributed by atoms with Crippen molar-refractivity contribution in [1.82, 2.24) is 0 Å². The Labute approximate surface area is 188 Å². The number of hydrogen-bond acceptors (Lipinski definition) is 7. The number of hydrogen-bond donors (Lipinski definition) is 0. The van der Waals surface area contributed by atoms with Crippen LogP contribution < -0.4 is 0 Å². The molecule has 0 radical (unpaired) electrons. The molecule has 2 saturated heterocycles. The number of rotatable bonds is 9. The van der Waals surface area contributed by atoms with Crippen LogP contribution in [0.1, 0.15) is 69.2 Å². The summed E-state index contributed by atoms with van der Waals surface area (Å²) in [5, 5.41) is 0. The SMILES string of the molecule is CCS[C@@H]1O[C@H](COC(C)=O)[C@@H]2OC(C)(C)O[C@@H]2[C@H]1O[Si](C(C)C)(C(C)C)C(C)C. The average molecular weight is 463 g/mol. The molecule has 2 heterocycles. The number of carbonyl (C=O) groups excluding carboxylic acids is 1. The van der Waals surface area contributed by atoms with Crippen LogP contribution in [0.4, 0.5) is 0 Å². The molecular weight excluding hydrogens is 420 g/mol. The zero-order valence-corrected chi connectivity index (χ0v) is 22.2. The molecule has 0 aromatic carbocycles. The van der Waals surface area contributed by atoms with Crippen molar-refractivity contribution >= 4 is 26.0 Å². The van der Waals surface area contributed by atoms with Crippen LogP contribution in [0.15, 0.2) is 0 Å². The molecule has 8 heteroatoms. The van der Waals surface area contributed by atoms with Crippen LogP contribution in [-0.2, 0) is 28.2 Å². The van der Waals surface area contributed by atoms with Gasteiger partial charge in [-0.25, -0.2) is 0 Å². The first-order valence-corrected chi connectivity index (χ1v) is 14.5. The first-order chi connectivity index (χ1) is 13.9. The van der Waals surface area contributed by atoms with E-state index in [0.717, 1.165) is 5.75 Å². The van der Waals surface area contributed by atoms with Crippen molar-refractivity contribution < 1.29 is 28.2 Å². The second kappa shape index (κ2) is 10.2. The Hall–Kier alpha value is -0.123. The zero-order valence-electron chi connectivity index (χ0n) is 20.4. The van der Waals surface area contributed by atoms with Gasteiger partial charge in [-0.3, -0.25) is 4.79 Å². The van der Waals surface area contributed by atoms with Gasteiger partial charge in [0.25, 0.3) is 0 Å². The van der Waals surface area contributed by atoms with E-state index in [1.165, 1.54) is 6.92 Å². The fraction of sp³-hybridized carbons (Fsp3) is 0.955. The molecule has 0 aromatic rings. The average Bonchev–Trinajstić information content (AvgIpc) is 2.93. The molecule has 2 aliphatic rings. The van der Waals surface area contributed by atoms with Crippen molar-refractivity contribution in [2.24, 2.45) is 0 Å². The fourth-order valence-corrected chi connectivity index (χ4v) is 11.8. The van der Waals surface area contributed by atoms with Crippen LogP contribution in [0.2, 0.25) is 16.6 Å². The van der Waals surface area contributed by atoms with E-state index in [-0.39, 0.29) is 42.4 Å². The van der Waals surface area contributed by atoms with Crippen LogP contribution in [-0.4, -0.2) is 62.3 Å². The first kappa shape index (κ1) is 26.1. The van der Waals surface area contributed by atoms with Crippen LogP contribution in [0.3, 0.4) is 0 Å². The number of esters is 1. The van der Waals surface area contributed by atoms with E-state index >= 15 is 0 Å². The molecule has 2 rings (SSSR count). The summed E-state index contributed by atoms with van der Waals surface area (Å²) in [4.78, 5) is 11.4. The van der Waals surface area contributed by atoms with Crippen molar-refractivity contribution in [3.63, 3.8) is 0 Å². The standard InChI is InChI=1S/C22H42O6SSi/c1-11-29-21-20(28-30(13(2)3,14(4)5)15(6)7)19-18(26-22(9,10)27-19)17(25-21)12-24-16(8)23/h13-15,17-21H,11-12H2,1-10H3/t17-,18+,19+,20-,21+/m1/s1. The predicted molar refractivity (Wildman–Crippen MR) is 123 cm³/mol. The molecule has 2 aliphatic heterocycles. The van der Waals surface area contributed by atoms with Gasteiger partial charge in [-0.2, -0.15) is 0 Å². The molecule has 0 amide bonds. The lowest BCUT2D eigenvalue weighted by Crippen LogP contribution is -2.62. The van der Waals surface area contributed by atoms with Gasteiger partial charge in [0.1, 0.15) is 36.5 Å². The molecule has 0 spiro atoms. The van der Waals surface area contributed by atoms with Crippen LogP contribution in [0.5, 0.6) is 0 Å². The highest BCUT2D eigenvalue weighted by Gasteiger charge is 2.59. The molecule has 30 heavy (non-hydrogen) atoms. The molecule has 2 fully saturated rings. The third-order valence-electron chi connectivity index (χ3n) is 6.26. The zero-order chi connectivity index (χ0) is 22.9. The van der Waals surface area contributed by atoms with Crippen LogP contribution >= 0.6 is 11.8 Å². The van der Waals surface area contributed by atoms with E-state index in [1.807, 2.05) is 13.8 Å². The van der Waals surface area contributed by atoms with Gasteiger partial charge in [0.05, 0.1) is 0 Å². The lowest BCUT2D eigenvalue weighted by atomic mass is 10.0. The van der Waals surface area contributed by atoms with Crippen LogP contribution in [0, 0.1) is 0 Å². The molecule has 6 nitrogen and oxygen atoms in total. The second-order valence-electron chi connectivity index (χ2n) is 9.77. The number of fused-ring (bicyclic) bond motifs is 1. The number of thioether (sulfide) groups is 1. The van der Waals surface area contributed by atoms with Crippen molar-refractivity contribution in [1.29, 1.82) is 0 Å². The largest absolute Gasteiger partial charge is 0.463 e. The maximum Gasteiger partial charge on any atom is 0.302 e. The lowest BCUT2D eigenvalue weighted by molar-refractivity contribution is -0.178. The minimum Gasteiger partial charge on any atom is -0.463 e. The summed E-state index contributed by atoms with van der Waals surface area (Å²) in [6.45, 7) is 21.2. The maximum atomic E-state index is 11.4. The maximum absolute atomic E-state index is 11.4. The van der Waals surface area contributed by atoms with Gasteiger partial charge in [0.2, 0.25) is 8.32 Å².